The summed E-state index contributed by atoms with van der Waals surface area (Å²) in [7, 11) is 2.22. The van der Waals surface area contributed by atoms with E-state index in [9.17, 15) is 5.11 Å². The second-order valence-electron chi connectivity index (χ2n) is 6.25. The number of aliphatic hydroxyl groups is 1. The minimum Gasteiger partial charge on any atom is -0.392 e. The molecule has 1 aromatic carbocycles. The fraction of sp³-hybridized carbons (Fsp3) is 0.625. The van der Waals surface area contributed by atoms with E-state index >= 15 is 0 Å². The molecule has 1 N–H and O–H groups in total. The van der Waals surface area contributed by atoms with Gasteiger partial charge in [-0.1, -0.05) is 29.3 Å². The van der Waals surface area contributed by atoms with Crippen molar-refractivity contribution in [1.29, 1.82) is 0 Å². The van der Waals surface area contributed by atoms with Crippen molar-refractivity contribution in [2.24, 2.45) is 5.92 Å². The fourth-order valence-corrected chi connectivity index (χ4v) is 4.42. The minimum atomic E-state index is -0.343. The number of nitrogens with zero attached hydrogens (tertiary/aromatic N) is 1. The number of rotatable bonds is 3. The zero-order chi connectivity index (χ0) is 14.3. The van der Waals surface area contributed by atoms with Crippen LogP contribution < -0.4 is 0 Å². The second kappa shape index (κ2) is 5.84. The largest absolute Gasteiger partial charge is 0.392 e. The van der Waals surface area contributed by atoms with Gasteiger partial charge in [0.05, 0.1) is 6.10 Å². The van der Waals surface area contributed by atoms with Crippen molar-refractivity contribution < 1.29 is 5.11 Å². The van der Waals surface area contributed by atoms with Crippen molar-refractivity contribution in [3.63, 3.8) is 0 Å². The van der Waals surface area contributed by atoms with E-state index in [0.717, 1.165) is 18.4 Å². The Morgan fingerprint density at radius 2 is 1.75 bits per heavy atom. The molecular formula is C16H21Cl2NO. The quantitative estimate of drug-likeness (QED) is 0.918. The van der Waals surface area contributed by atoms with Crippen LogP contribution in [-0.4, -0.2) is 35.2 Å². The maximum absolute atomic E-state index is 10.6. The Kier molecular flexibility index (Phi) is 4.28. The third kappa shape index (κ3) is 2.71. The van der Waals surface area contributed by atoms with Crippen LogP contribution in [0.5, 0.6) is 0 Å². The van der Waals surface area contributed by atoms with Gasteiger partial charge in [0.2, 0.25) is 0 Å². The van der Waals surface area contributed by atoms with Gasteiger partial charge in [-0.2, -0.15) is 0 Å². The molecule has 3 rings (SSSR count). The van der Waals surface area contributed by atoms with Crippen LogP contribution >= 0.6 is 23.2 Å². The molecule has 2 saturated heterocycles. The molecule has 110 valence electrons. The van der Waals surface area contributed by atoms with Crippen molar-refractivity contribution in [2.75, 3.05) is 7.05 Å². The number of benzene rings is 1. The fourth-order valence-electron chi connectivity index (χ4n) is 3.87. The lowest BCUT2D eigenvalue weighted by atomic mass is 9.84. The highest BCUT2D eigenvalue weighted by atomic mass is 35.5. The van der Waals surface area contributed by atoms with Crippen molar-refractivity contribution in [1.82, 2.24) is 4.90 Å². The molecule has 0 radical (unpaired) electrons. The smallest absolute Gasteiger partial charge is 0.0610 e. The Morgan fingerprint density at radius 1 is 1.20 bits per heavy atom. The van der Waals surface area contributed by atoms with Crippen molar-refractivity contribution in [3.8, 4) is 0 Å². The van der Waals surface area contributed by atoms with Crippen LogP contribution in [-0.2, 0) is 6.42 Å². The van der Waals surface area contributed by atoms with Crippen molar-refractivity contribution >= 4 is 23.2 Å². The number of aliphatic hydroxyl groups excluding tert-OH is 1. The summed E-state index contributed by atoms with van der Waals surface area (Å²) in [5.74, 6) is 0.371. The van der Waals surface area contributed by atoms with Crippen molar-refractivity contribution in [3.05, 3.63) is 33.8 Å². The molecule has 2 nitrogen and oxygen atoms in total. The Balaban J connectivity index is 1.70. The monoisotopic (exact) mass is 313 g/mol. The molecule has 4 heteroatoms. The molecule has 2 fully saturated rings. The maximum atomic E-state index is 10.6. The molecule has 3 atom stereocenters. The summed E-state index contributed by atoms with van der Waals surface area (Å²) in [4.78, 5) is 2.49. The standard InChI is InChI=1S/C16H21Cl2NO/c1-19-11-5-6-12(19)8-10(7-11)16(20)9-13-14(17)3-2-4-15(13)18/h2-4,10-12,16,20H,5-9H2,1H3. The predicted octanol–water partition coefficient (Wildman–Crippen LogP) is 3.77. The topological polar surface area (TPSA) is 23.5 Å². The summed E-state index contributed by atoms with van der Waals surface area (Å²) in [6, 6.07) is 6.82. The lowest BCUT2D eigenvalue weighted by Gasteiger charge is -2.38. The highest BCUT2D eigenvalue weighted by Crippen LogP contribution is 2.39. The van der Waals surface area contributed by atoms with Gasteiger partial charge >= 0.3 is 0 Å². The van der Waals surface area contributed by atoms with E-state index in [-0.39, 0.29) is 6.10 Å². The normalized spacial score (nSPS) is 31.5. The zero-order valence-electron chi connectivity index (χ0n) is 11.7. The molecule has 0 spiro atoms. The average Bonchev–Trinajstić information content (AvgIpc) is 2.65. The molecule has 0 amide bonds. The van der Waals surface area contributed by atoms with E-state index in [1.807, 2.05) is 18.2 Å². The molecule has 1 aromatic rings. The van der Waals surface area contributed by atoms with Gasteiger partial charge in [0.15, 0.2) is 0 Å². The minimum absolute atomic E-state index is 0.343. The van der Waals surface area contributed by atoms with Gasteiger partial charge in [-0.3, -0.25) is 0 Å². The van der Waals surface area contributed by atoms with Crippen LogP contribution in [0.15, 0.2) is 18.2 Å². The van der Waals surface area contributed by atoms with E-state index in [0.29, 0.717) is 34.5 Å². The second-order valence-corrected chi connectivity index (χ2v) is 7.07. The highest BCUT2D eigenvalue weighted by Gasteiger charge is 2.40. The first-order valence-corrected chi connectivity index (χ1v) is 8.14. The SMILES string of the molecule is CN1C2CCC1CC(C(O)Cc1c(Cl)cccc1Cl)C2. The zero-order valence-corrected chi connectivity index (χ0v) is 13.2. The molecule has 0 aromatic heterocycles. The van der Waals surface area contributed by atoms with E-state index in [1.54, 1.807) is 0 Å². The van der Waals surface area contributed by atoms with Gasteiger partial charge in [0, 0.05) is 28.5 Å². The lowest BCUT2D eigenvalue weighted by Crippen LogP contribution is -2.43. The molecular weight excluding hydrogens is 293 g/mol. The number of piperidine rings is 1. The third-order valence-electron chi connectivity index (χ3n) is 5.15. The van der Waals surface area contributed by atoms with E-state index in [2.05, 4.69) is 11.9 Å². The molecule has 2 aliphatic rings. The number of halogens is 2. The van der Waals surface area contributed by atoms with Crippen LogP contribution in [0, 0.1) is 5.92 Å². The van der Waals surface area contributed by atoms with Gasteiger partial charge in [-0.05, 0) is 56.3 Å². The first-order chi connectivity index (χ1) is 9.56. The van der Waals surface area contributed by atoms with Gasteiger partial charge in [0.25, 0.3) is 0 Å². The maximum Gasteiger partial charge on any atom is 0.0610 e. The predicted molar refractivity (Wildman–Crippen MR) is 83.5 cm³/mol. The first kappa shape index (κ1) is 14.6. The number of fused-ring (bicyclic) bond motifs is 2. The van der Waals surface area contributed by atoms with Crippen LogP contribution in [0.1, 0.15) is 31.2 Å². The molecule has 3 unspecified atom stereocenters. The van der Waals surface area contributed by atoms with Gasteiger partial charge in [-0.15, -0.1) is 0 Å². The summed E-state index contributed by atoms with van der Waals surface area (Å²) >= 11 is 12.4. The summed E-state index contributed by atoms with van der Waals surface area (Å²) < 4.78 is 0. The van der Waals surface area contributed by atoms with Crippen LogP contribution in [0.4, 0.5) is 0 Å². The molecule has 2 aliphatic heterocycles. The first-order valence-electron chi connectivity index (χ1n) is 7.39. The summed E-state index contributed by atoms with van der Waals surface area (Å²) in [6.45, 7) is 0. The van der Waals surface area contributed by atoms with Gasteiger partial charge in [-0.25, -0.2) is 0 Å². The van der Waals surface area contributed by atoms with Crippen LogP contribution in [0.2, 0.25) is 10.0 Å². The summed E-state index contributed by atoms with van der Waals surface area (Å²) in [6.07, 6.45) is 4.96. The molecule has 20 heavy (non-hydrogen) atoms. The summed E-state index contributed by atoms with van der Waals surface area (Å²) in [5, 5.41) is 11.9. The molecule has 2 heterocycles. The van der Waals surface area contributed by atoms with Gasteiger partial charge in [0.1, 0.15) is 0 Å². The average molecular weight is 314 g/mol. The lowest BCUT2D eigenvalue weighted by molar-refractivity contribution is 0.0368. The Bertz CT molecular complexity index is 459. The van der Waals surface area contributed by atoms with E-state index in [1.165, 1.54) is 12.8 Å². The van der Waals surface area contributed by atoms with E-state index in [4.69, 9.17) is 23.2 Å². The van der Waals surface area contributed by atoms with Crippen LogP contribution in [0.3, 0.4) is 0 Å². The third-order valence-corrected chi connectivity index (χ3v) is 5.86. The van der Waals surface area contributed by atoms with Crippen LogP contribution in [0.25, 0.3) is 0 Å². The Morgan fingerprint density at radius 3 is 2.30 bits per heavy atom. The highest BCUT2D eigenvalue weighted by molar-refractivity contribution is 6.35. The van der Waals surface area contributed by atoms with E-state index < -0.39 is 0 Å². The molecule has 0 aliphatic carbocycles. The molecule has 2 bridgehead atoms. The molecule has 0 saturated carbocycles. The number of hydrogen-bond acceptors (Lipinski definition) is 2. The Labute approximate surface area is 130 Å². The van der Waals surface area contributed by atoms with Gasteiger partial charge < -0.3 is 10.0 Å². The van der Waals surface area contributed by atoms with Crippen molar-refractivity contribution in [2.45, 2.75) is 50.3 Å². The Hall–Kier alpha value is -0.280. The number of hydrogen-bond donors (Lipinski definition) is 1. The summed E-state index contributed by atoms with van der Waals surface area (Å²) in [5.41, 5.74) is 0.884.